The second-order valence-electron chi connectivity index (χ2n) is 4.04. The second-order valence-corrected chi connectivity index (χ2v) is 5.04. The fourth-order valence-electron chi connectivity index (χ4n) is 1.90. The number of carboxylic acids is 1. The SMILES string of the molecule is CCc1ccsc1CNc1cccc(F)c1C(=O)O. The van der Waals surface area contributed by atoms with Crippen LogP contribution in [-0.4, -0.2) is 11.1 Å². The average molecular weight is 279 g/mol. The van der Waals surface area contributed by atoms with E-state index in [2.05, 4.69) is 12.2 Å². The van der Waals surface area contributed by atoms with E-state index in [4.69, 9.17) is 5.11 Å². The number of anilines is 1. The van der Waals surface area contributed by atoms with Gasteiger partial charge in [0.15, 0.2) is 0 Å². The number of carbonyl (C=O) groups is 1. The Morgan fingerprint density at radius 2 is 2.21 bits per heavy atom. The maximum atomic E-state index is 13.5. The van der Waals surface area contributed by atoms with Crippen LogP contribution in [-0.2, 0) is 13.0 Å². The van der Waals surface area contributed by atoms with Crippen LogP contribution in [0.5, 0.6) is 0 Å². The Bertz CT molecular complexity index is 595. The number of benzene rings is 1. The normalized spacial score (nSPS) is 10.4. The number of rotatable bonds is 5. The molecule has 2 N–H and O–H groups in total. The highest BCUT2D eigenvalue weighted by atomic mass is 32.1. The summed E-state index contributed by atoms with van der Waals surface area (Å²) in [6.07, 6.45) is 0.926. The van der Waals surface area contributed by atoms with E-state index >= 15 is 0 Å². The van der Waals surface area contributed by atoms with Crippen LogP contribution >= 0.6 is 11.3 Å². The third kappa shape index (κ3) is 2.93. The Morgan fingerprint density at radius 3 is 2.89 bits per heavy atom. The molecule has 1 aromatic carbocycles. The third-order valence-corrected chi connectivity index (χ3v) is 3.85. The molecule has 1 aromatic heterocycles. The molecule has 0 spiro atoms. The maximum absolute atomic E-state index is 13.5. The highest BCUT2D eigenvalue weighted by Gasteiger charge is 2.15. The lowest BCUT2D eigenvalue weighted by molar-refractivity contribution is 0.0693. The summed E-state index contributed by atoms with van der Waals surface area (Å²) in [5, 5.41) is 14.0. The zero-order valence-corrected chi connectivity index (χ0v) is 11.3. The van der Waals surface area contributed by atoms with E-state index < -0.39 is 11.8 Å². The first-order chi connectivity index (χ1) is 9.13. The largest absolute Gasteiger partial charge is 0.478 e. The molecule has 0 aliphatic heterocycles. The van der Waals surface area contributed by atoms with Gasteiger partial charge in [-0.25, -0.2) is 9.18 Å². The lowest BCUT2D eigenvalue weighted by Crippen LogP contribution is -2.08. The first-order valence-electron chi connectivity index (χ1n) is 5.94. The van der Waals surface area contributed by atoms with Crippen LogP contribution < -0.4 is 5.32 Å². The first kappa shape index (κ1) is 13.5. The van der Waals surface area contributed by atoms with Crippen LogP contribution in [0, 0.1) is 5.82 Å². The number of halogens is 1. The topological polar surface area (TPSA) is 49.3 Å². The summed E-state index contributed by atoms with van der Waals surface area (Å²) >= 11 is 1.61. The summed E-state index contributed by atoms with van der Waals surface area (Å²) in [7, 11) is 0. The van der Waals surface area contributed by atoms with E-state index in [1.54, 1.807) is 17.4 Å². The van der Waals surface area contributed by atoms with Gasteiger partial charge in [0.1, 0.15) is 11.4 Å². The molecule has 2 aromatic rings. The van der Waals surface area contributed by atoms with Crippen LogP contribution in [0.3, 0.4) is 0 Å². The van der Waals surface area contributed by atoms with Crippen molar-refractivity contribution in [2.24, 2.45) is 0 Å². The summed E-state index contributed by atoms with van der Waals surface area (Å²) in [6.45, 7) is 2.57. The molecule has 1 heterocycles. The molecule has 0 aliphatic rings. The van der Waals surface area contributed by atoms with E-state index in [1.807, 2.05) is 11.4 Å². The first-order valence-corrected chi connectivity index (χ1v) is 6.82. The number of aryl methyl sites for hydroxylation is 1. The molecule has 0 saturated carbocycles. The standard InChI is InChI=1S/C14H14FNO2S/c1-2-9-6-7-19-12(9)8-16-11-5-3-4-10(15)13(11)14(17)18/h3-7,16H,2,8H2,1H3,(H,17,18). The van der Waals surface area contributed by atoms with E-state index in [1.165, 1.54) is 11.6 Å². The van der Waals surface area contributed by atoms with E-state index in [0.717, 1.165) is 17.4 Å². The minimum absolute atomic E-state index is 0.308. The molecule has 3 nitrogen and oxygen atoms in total. The molecule has 5 heteroatoms. The quantitative estimate of drug-likeness (QED) is 0.876. The number of aromatic carboxylic acids is 1. The molecule has 2 rings (SSSR count). The van der Waals surface area contributed by atoms with Gasteiger partial charge in [0, 0.05) is 11.4 Å². The molecule has 0 atom stereocenters. The average Bonchev–Trinajstić information content (AvgIpc) is 2.83. The van der Waals surface area contributed by atoms with Gasteiger partial charge in [0.05, 0.1) is 5.69 Å². The van der Waals surface area contributed by atoms with Gasteiger partial charge in [-0.15, -0.1) is 11.3 Å². The molecule has 0 saturated heterocycles. The Hall–Kier alpha value is -1.88. The smallest absolute Gasteiger partial charge is 0.340 e. The molecule has 0 radical (unpaired) electrons. The van der Waals surface area contributed by atoms with Crippen molar-refractivity contribution < 1.29 is 14.3 Å². The van der Waals surface area contributed by atoms with Crippen molar-refractivity contribution in [3.63, 3.8) is 0 Å². The molecule has 0 fully saturated rings. The monoisotopic (exact) mass is 279 g/mol. The molecule has 0 aliphatic carbocycles. The lowest BCUT2D eigenvalue weighted by Gasteiger charge is -2.10. The van der Waals surface area contributed by atoms with Gasteiger partial charge in [0.25, 0.3) is 0 Å². The highest BCUT2D eigenvalue weighted by molar-refractivity contribution is 7.10. The van der Waals surface area contributed by atoms with Gasteiger partial charge in [-0.05, 0) is 35.6 Å². The molecule has 0 bridgehead atoms. The van der Waals surface area contributed by atoms with Gasteiger partial charge in [-0.1, -0.05) is 13.0 Å². The highest BCUT2D eigenvalue weighted by Crippen LogP contribution is 2.22. The van der Waals surface area contributed by atoms with Crippen LogP contribution in [0.2, 0.25) is 0 Å². The maximum Gasteiger partial charge on any atom is 0.340 e. The van der Waals surface area contributed by atoms with Crippen molar-refractivity contribution in [3.8, 4) is 0 Å². The molecule has 19 heavy (non-hydrogen) atoms. The predicted molar refractivity (Wildman–Crippen MR) is 74.4 cm³/mol. The van der Waals surface area contributed by atoms with Crippen molar-refractivity contribution >= 4 is 23.0 Å². The van der Waals surface area contributed by atoms with Crippen LogP contribution in [0.4, 0.5) is 10.1 Å². The minimum atomic E-state index is -1.26. The Labute approximate surface area is 114 Å². The van der Waals surface area contributed by atoms with Crippen LogP contribution in [0.1, 0.15) is 27.7 Å². The van der Waals surface area contributed by atoms with E-state index in [0.29, 0.717) is 12.2 Å². The van der Waals surface area contributed by atoms with E-state index in [-0.39, 0.29) is 5.56 Å². The van der Waals surface area contributed by atoms with Gasteiger partial charge in [-0.3, -0.25) is 0 Å². The molecule has 0 amide bonds. The number of thiophene rings is 1. The zero-order valence-electron chi connectivity index (χ0n) is 10.4. The number of hydrogen-bond acceptors (Lipinski definition) is 3. The van der Waals surface area contributed by atoms with Crippen molar-refractivity contribution in [1.82, 2.24) is 0 Å². The Balaban J connectivity index is 2.20. The van der Waals surface area contributed by atoms with Crippen molar-refractivity contribution in [2.45, 2.75) is 19.9 Å². The van der Waals surface area contributed by atoms with Gasteiger partial charge >= 0.3 is 5.97 Å². The second kappa shape index (κ2) is 5.84. The van der Waals surface area contributed by atoms with Crippen LogP contribution in [0.15, 0.2) is 29.6 Å². The minimum Gasteiger partial charge on any atom is -0.478 e. The fraction of sp³-hybridized carbons (Fsp3) is 0.214. The molecule has 100 valence electrons. The van der Waals surface area contributed by atoms with Crippen molar-refractivity contribution in [2.75, 3.05) is 5.32 Å². The van der Waals surface area contributed by atoms with Gasteiger partial charge in [-0.2, -0.15) is 0 Å². The van der Waals surface area contributed by atoms with Crippen LogP contribution in [0.25, 0.3) is 0 Å². The summed E-state index contributed by atoms with van der Waals surface area (Å²) < 4.78 is 13.5. The van der Waals surface area contributed by atoms with Gasteiger partial charge < -0.3 is 10.4 Å². The Morgan fingerprint density at radius 1 is 1.42 bits per heavy atom. The van der Waals surface area contributed by atoms with Gasteiger partial charge in [0.2, 0.25) is 0 Å². The Kier molecular flexibility index (Phi) is 4.16. The summed E-state index contributed by atoms with van der Waals surface area (Å²) in [5.41, 5.74) is 1.23. The summed E-state index contributed by atoms with van der Waals surface area (Å²) in [5.74, 6) is -1.98. The molecular formula is C14H14FNO2S. The van der Waals surface area contributed by atoms with Crippen molar-refractivity contribution in [3.05, 3.63) is 51.5 Å². The lowest BCUT2D eigenvalue weighted by atomic mass is 10.1. The summed E-state index contributed by atoms with van der Waals surface area (Å²) in [6, 6.07) is 6.27. The number of nitrogens with one attached hydrogen (secondary N) is 1. The number of hydrogen-bond donors (Lipinski definition) is 2. The number of carboxylic acid groups (broad SMARTS) is 1. The summed E-state index contributed by atoms with van der Waals surface area (Å²) in [4.78, 5) is 12.2. The zero-order chi connectivity index (χ0) is 13.8. The van der Waals surface area contributed by atoms with Crippen molar-refractivity contribution in [1.29, 1.82) is 0 Å². The molecular weight excluding hydrogens is 265 g/mol. The predicted octanol–water partition coefficient (Wildman–Crippen LogP) is 3.76. The third-order valence-electron chi connectivity index (χ3n) is 2.89. The van der Waals surface area contributed by atoms with E-state index in [9.17, 15) is 9.18 Å². The molecule has 0 unspecified atom stereocenters. The fourth-order valence-corrected chi connectivity index (χ4v) is 2.82.